The maximum Gasteiger partial charge on any atom is 0.258 e. The second kappa shape index (κ2) is 8.46. The Bertz CT molecular complexity index is 1440. The normalized spacial score (nSPS) is 11.4. The van der Waals surface area contributed by atoms with Crippen molar-refractivity contribution < 1.29 is 9.90 Å². The molecule has 4 N–H and O–H groups in total. The van der Waals surface area contributed by atoms with E-state index >= 15 is 0 Å². The molecule has 3 aromatic heterocycles. The highest BCUT2D eigenvalue weighted by molar-refractivity contribution is 6.04. The molecule has 3 heterocycles. The Balaban J connectivity index is 1.32. The molecule has 9 nitrogen and oxygen atoms in total. The van der Waals surface area contributed by atoms with Gasteiger partial charge in [-0.1, -0.05) is 18.2 Å². The van der Waals surface area contributed by atoms with Crippen molar-refractivity contribution in [1.29, 1.82) is 0 Å². The number of H-pyrrole nitrogens is 2. The number of rotatable bonds is 6. The number of anilines is 1. The first-order chi connectivity index (χ1) is 16.0. The zero-order valence-electron chi connectivity index (χ0n) is 17.8. The molecule has 0 atom stereocenters. The lowest BCUT2D eigenvalue weighted by atomic mass is 10.0. The molecule has 0 unspecified atom stereocenters. The van der Waals surface area contributed by atoms with Crippen LogP contribution in [0.15, 0.2) is 72.1 Å². The highest BCUT2D eigenvalue weighted by atomic mass is 16.3. The van der Waals surface area contributed by atoms with E-state index in [1.54, 1.807) is 36.4 Å². The Kier molecular flexibility index (Phi) is 5.19. The number of nitrogens with zero attached hydrogens (tertiary/aromatic N) is 4. The molecule has 0 fully saturated rings. The van der Waals surface area contributed by atoms with Crippen molar-refractivity contribution in [2.75, 3.05) is 5.32 Å². The van der Waals surface area contributed by atoms with Crippen molar-refractivity contribution in [3.05, 3.63) is 89.4 Å². The van der Waals surface area contributed by atoms with Crippen LogP contribution in [-0.4, -0.2) is 42.2 Å². The largest absolute Gasteiger partial charge is 0.494 e. The number of nitrogens with one attached hydrogen (secondary N) is 3. The zero-order valence-corrected chi connectivity index (χ0v) is 17.8. The van der Waals surface area contributed by atoms with E-state index in [9.17, 15) is 9.90 Å². The third-order valence-electron chi connectivity index (χ3n) is 5.29. The topological polar surface area (TPSA) is 124 Å². The number of aliphatic imine (C=N–C) groups is 1. The molecule has 0 saturated carbocycles. The van der Waals surface area contributed by atoms with Crippen molar-refractivity contribution in [2.45, 2.75) is 6.42 Å². The van der Waals surface area contributed by atoms with Gasteiger partial charge in [-0.05, 0) is 41.8 Å². The highest BCUT2D eigenvalue weighted by Gasteiger charge is 2.11. The average Bonchev–Trinajstić information content (AvgIpc) is 3.54. The first-order valence-electron chi connectivity index (χ1n) is 10.3. The van der Waals surface area contributed by atoms with Crippen molar-refractivity contribution in [1.82, 2.24) is 25.0 Å². The molecule has 0 saturated heterocycles. The van der Waals surface area contributed by atoms with Crippen LogP contribution < -0.4 is 5.32 Å². The van der Waals surface area contributed by atoms with Crippen LogP contribution in [0.2, 0.25) is 0 Å². The molecule has 0 spiro atoms. The number of carbonyl (C=O) groups excluding carboxylic acids is 1. The fourth-order valence-corrected chi connectivity index (χ4v) is 3.62. The number of aryl methyl sites for hydroxylation is 1. The smallest absolute Gasteiger partial charge is 0.258 e. The van der Waals surface area contributed by atoms with Crippen LogP contribution in [0, 0.1) is 0 Å². The molecular weight excluding hydrogens is 418 g/mol. The third-order valence-corrected chi connectivity index (χ3v) is 5.29. The van der Waals surface area contributed by atoms with Crippen molar-refractivity contribution in [3.8, 4) is 5.88 Å². The van der Waals surface area contributed by atoms with Gasteiger partial charge >= 0.3 is 0 Å². The lowest BCUT2D eigenvalue weighted by molar-refractivity contribution is 0.102. The Morgan fingerprint density at radius 3 is 2.73 bits per heavy atom. The number of amides is 1. The van der Waals surface area contributed by atoms with Gasteiger partial charge in [0.25, 0.3) is 5.91 Å². The van der Waals surface area contributed by atoms with E-state index in [1.807, 2.05) is 42.5 Å². The summed E-state index contributed by atoms with van der Waals surface area (Å²) >= 11 is 0. The Hall–Kier alpha value is -4.66. The van der Waals surface area contributed by atoms with Crippen LogP contribution in [0.4, 0.5) is 11.5 Å². The number of carbonyl (C=O) groups is 1. The molecule has 0 aliphatic rings. The van der Waals surface area contributed by atoms with E-state index in [1.165, 1.54) is 6.20 Å². The van der Waals surface area contributed by atoms with Crippen LogP contribution >= 0.6 is 0 Å². The molecule has 2 aromatic carbocycles. The van der Waals surface area contributed by atoms with Gasteiger partial charge in [-0.2, -0.15) is 10.2 Å². The molecule has 0 bridgehead atoms. The van der Waals surface area contributed by atoms with Gasteiger partial charge in [0.2, 0.25) is 0 Å². The summed E-state index contributed by atoms with van der Waals surface area (Å²) in [6, 6.07) is 15.5. The average molecular weight is 439 g/mol. The summed E-state index contributed by atoms with van der Waals surface area (Å²) in [7, 11) is 1.77. The predicted molar refractivity (Wildman–Crippen MR) is 126 cm³/mol. The van der Waals surface area contributed by atoms with Crippen LogP contribution in [0.25, 0.3) is 10.9 Å². The summed E-state index contributed by atoms with van der Waals surface area (Å²) in [6.07, 6.45) is 7.15. The standard InChI is InChI=1S/C24H21N7O2/c1-31-14-17(12-27-31)23(32)28-18-5-2-15(3-6-18)10-16-4-7-21-19(11-16)20(24(33)29-21)13-25-22-8-9-26-30-22/h2-9,11-14,29,33H,10H2,1H3,(H,26,30)(H,28,32)/b25-13+. The molecule has 9 heteroatoms. The van der Waals surface area contributed by atoms with Crippen molar-refractivity contribution in [3.63, 3.8) is 0 Å². The summed E-state index contributed by atoms with van der Waals surface area (Å²) in [5.41, 5.74) is 4.86. The molecule has 5 rings (SSSR count). The monoisotopic (exact) mass is 439 g/mol. The second-order valence-electron chi connectivity index (χ2n) is 7.70. The van der Waals surface area contributed by atoms with Gasteiger partial charge in [0.1, 0.15) is 5.82 Å². The van der Waals surface area contributed by atoms with E-state index < -0.39 is 0 Å². The van der Waals surface area contributed by atoms with E-state index in [4.69, 9.17) is 0 Å². The summed E-state index contributed by atoms with van der Waals surface area (Å²) in [5, 5.41) is 24.7. The molecule has 5 aromatic rings. The molecule has 164 valence electrons. The van der Waals surface area contributed by atoms with Gasteiger partial charge in [-0.3, -0.25) is 14.6 Å². The van der Waals surface area contributed by atoms with Gasteiger partial charge in [0.05, 0.1) is 23.5 Å². The molecule has 1 amide bonds. The minimum Gasteiger partial charge on any atom is -0.494 e. The molecule has 33 heavy (non-hydrogen) atoms. The third kappa shape index (κ3) is 4.38. The SMILES string of the molecule is Cn1cc(C(=O)Nc2ccc(Cc3ccc4[nH]c(O)c(/C=N/c5ccn[nH]5)c4c3)cc2)cn1. The lowest BCUT2D eigenvalue weighted by Gasteiger charge is -2.06. The minimum atomic E-state index is -0.196. The lowest BCUT2D eigenvalue weighted by Crippen LogP contribution is -2.11. The molecular formula is C24H21N7O2. The maximum atomic E-state index is 12.3. The zero-order chi connectivity index (χ0) is 22.8. The Labute approximate surface area is 188 Å². The van der Waals surface area contributed by atoms with Gasteiger partial charge < -0.3 is 15.4 Å². The number of benzene rings is 2. The molecule has 0 aliphatic carbocycles. The number of fused-ring (bicyclic) bond motifs is 1. The number of aromatic nitrogens is 5. The fourth-order valence-electron chi connectivity index (χ4n) is 3.62. The van der Waals surface area contributed by atoms with Gasteiger partial charge in [0.15, 0.2) is 5.88 Å². The van der Waals surface area contributed by atoms with Gasteiger partial charge in [-0.15, -0.1) is 0 Å². The summed E-state index contributed by atoms with van der Waals surface area (Å²) < 4.78 is 1.59. The summed E-state index contributed by atoms with van der Waals surface area (Å²) in [5.74, 6) is 0.479. The number of hydrogen-bond donors (Lipinski definition) is 4. The number of aromatic amines is 2. The summed E-state index contributed by atoms with van der Waals surface area (Å²) in [6.45, 7) is 0. The second-order valence-corrected chi connectivity index (χ2v) is 7.70. The molecule has 0 radical (unpaired) electrons. The quantitative estimate of drug-likeness (QED) is 0.299. The minimum absolute atomic E-state index is 0.0686. The van der Waals surface area contributed by atoms with E-state index in [0.717, 1.165) is 27.7 Å². The van der Waals surface area contributed by atoms with Crippen LogP contribution in [0.3, 0.4) is 0 Å². The number of aromatic hydroxyl groups is 1. The van der Waals surface area contributed by atoms with Crippen molar-refractivity contribution in [2.24, 2.45) is 12.0 Å². The van der Waals surface area contributed by atoms with Gasteiger partial charge in [0, 0.05) is 42.1 Å². The van der Waals surface area contributed by atoms with E-state index in [0.29, 0.717) is 23.4 Å². The molecule has 0 aliphatic heterocycles. The summed E-state index contributed by atoms with van der Waals surface area (Å²) in [4.78, 5) is 19.6. The van der Waals surface area contributed by atoms with Gasteiger partial charge in [-0.25, -0.2) is 4.99 Å². The highest BCUT2D eigenvalue weighted by Crippen LogP contribution is 2.28. The Morgan fingerprint density at radius 1 is 1.18 bits per heavy atom. The maximum absolute atomic E-state index is 12.3. The van der Waals surface area contributed by atoms with Crippen LogP contribution in [-0.2, 0) is 13.5 Å². The number of hydrogen-bond acceptors (Lipinski definition) is 5. The van der Waals surface area contributed by atoms with Crippen LogP contribution in [0.1, 0.15) is 27.0 Å². The van der Waals surface area contributed by atoms with E-state index in [-0.39, 0.29) is 11.8 Å². The van der Waals surface area contributed by atoms with Crippen LogP contribution in [0.5, 0.6) is 5.88 Å². The Morgan fingerprint density at radius 2 is 2.00 bits per heavy atom. The fraction of sp³-hybridized carbons (Fsp3) is 0.0833. The predicted octanol–water partition coefficient (Wildman–Crippen LogP) is 3.92. The first kappa shape index (κ1) is 20.3. The van der Waals surface area contributed by atoms with E-state index in [2.05, 4.69) is 30.6 Å². The first-order valence-corrected chi connectivity index (χ1v) is 10.3. The van der Waals surface area contributed by atoms with Crippen molar-refractivity contribution >= 4 is 34.5 Å².